The third-order valence-corrected chi connectivity index (χ3v) is 7.97. The molecule has 2 atom stereocenters. The van der Waals surface area contributed by atoms with Crippen LogP contribution in [0.1, 0.15) is 19.4 Å². The van der Waals surface area contributed by atoms with Crippen LogP contribution in [0.2, 0.25) is 0 Å². The SMILES string of the molecule is Cc1ccc(N(C)C(=O)[C@@H](C)CS(=O)(=O)c2ccc3c(c2)NC(=O)[C@@H](C)S3)cc1. The molecule has 0 saturated heterocycles. The van der Waals surface area contributed by atoms with Crippen molar-refractivity contribution in [3.63, 3.8) is 0 Å². The summed E-state index contributed by atoms with van der Waals surface area (Å²) in [5.74, 6) is -1.45. The molecule has 8 heteroatoms. The number of amides is 2. The van der Waals surface area contributed by atoms with Crippen LogP contribution in [-0.2, 0) is 19.4 Å². The quantitative estimate of drug-likeness (QED) is 0.782. The zero-order valence-electron chi connectivity index (χ0n) is 16.8. The van der Waals surface area contributed by atoms with Gasteiger partial charge in [-0.05, 0) is 44.2 Å². The zero-order chi connectivity index (χ0) is 21.3. The molecule has 29 heavy (non-hydrogen) atoms. The van der Waals surface area contributed by atoms with E-state index in [0.717, 1.165) is 10.5 Å². The highest BCUT2D eigenvalue weighted by Crippen LogP contribution is 2.37. The van der Waals surface area contributed by atoms with Gasteiger partial charge in [0.05, 0.1) is 21.6 Å². The van der Waals surface area contributed by atoms with Gasteiger partial charge < -0.3 is 10.2 Å². The first-order valence-electron chi connectivity index (χ1n) is 9.27. The predicted molar refractivity (Wildman–Crippen MR) is 116 cm³/mol. The maximum atomic E-state index is 12.9. The standard InChI is InChI=1S/C21H24N2O4S2/c1-13-5-7-16(8-6-13)23(4)21(25)14(2)12-29(26,27)17-9-10-19-18(11-17)22-20(24)15(3)28-19/h5-11,14-15H,12H2,1-4H3,(H,22,24)/t14-,15+/m0/s1. The number of carbonyl (C=O) groups excluding carboxylic acids is 2. The van der Waals surface area contributed by atoms with Gasteiger partial charge in [0.15, 0.2) is 9.84 Å². The highest BCUT2D eigenvalue weighted by atomic mass is 32.2. The van der Waals surface area contributed by atoms with Crippen LogP contribution in [0, 0.1) is 12.8 Å². The Morgan fingerprint density at radius 1 is 1.21 bits per heavy atom. The van der Waals surface area contributed by atoms with E-state index in [-0.39, 0.29) is 27.7 Å². The lowest BCUT2D eigenvalue weighted by Gasteiger charge is -2.23. The van der Waals surface area contributed by atoms with Crippen LogP contribution < -0.4 is 10.2 Å². The fraction of sp³-hybridized carbons (Fsp3) is 0.333. The van der Waals surface area contributed by atoms with Crippen LogP contribution in [-0.4, -0.2) is 38.3 Å². The average Bonchev–Trinajstić information content (AvgIpc) is 2.67. The van der Waals surface area contributed by atoms with Crippen LogP contribution in [0.25, 0.3) is 0 Å². The molecule has 0 saturated carbocycles. The number of hydrogen-bond acceptors (Lipinski definition) is 5. The van der Waals surface area contributed by atoms with E-state index in [4.69, 9.17) is 0 Å². The van der Waals surface area contributed by atoms with Crippen LogP contribution in [0.15, 0.2) is 52.3 Å². The molecule has 0 bridgehead atoms. The average molecular weight is 433 g/mol. The van der Waals surface area contributed by atoms with Gasteiger partial charge in [-0.25, -0.2) is 8.42 Å². The first-order valence-corrected chi connectivity index (χ1v) is 11.8. The molecule has 1 N–H and O–H groups in total. The molecule has 0 fully saturated rings. The number of hydrogen-bond donors (Lipinski definition) is 1. The predicted octanol–water partition coefficient (Wildman–Crippen LogP) is 3.50. The molecule has 0 aromatic heterocycles. The van der Waals surface area contributed by atoms with Crippen molar-refractivity contribution in [1.29, 1.82) is 0 Å². The van der Waals surface area contributed by atoms with Crippen LogP contribution in [0.5, 0.6) is 0 Å². The summed E-state index contributed by atoms with van der Waals surface area (Å²) in [6, 6.07) is 12.2. The Kier molecular flexibility index (Phi) is 6.05. The minimum Gasteiger partial charge on any atom is -0.324 e. The molecular formula is C21H24N2O4S2. The van der Waals surface area contributed by atoms with Crippen molar-refractivity contribution >= 4 is 44.8 Å². The maximum Gasteiger partial charge on any atom is 0.237 e. The Morgan fingerprint density at radius 2 is 1.86 bits per heavy atom. The van der Waals surface area contributed by atoms with E-state index in [1.54, 1.807) is 27.0 Å². The smallest absolute Gasteiger partial charge is 0.237 e. The number of thioether (sulfide) groups is 1. The third-order valence-electron chi connectivity index (χ3n) is 4.88. The number of benzene rings is 2. The molecule has 1 aliphatic heterocycles. The van der Waals surface area contributed by atoms with Crippen molar-refractivity contribution < 1.29 is 18.0 Å². The molecule has 154 valence electrons. The Bertz CT molecular complexity index is 1050. The number of anilines is 2. The maximum absolute atomic E-state index is 12.9. The second-order valence-corrected chi connectivity index (χ2v) is 10.7. The van der Waals surface area contributed by atoms with Gasteiger partial charge in [-0.1, -0.05) is 24.6 Å². The Balaban J connectivity index is 1.76. The van der Waals surface area contributed by atoms with Gasteiger partial charge in [-0.3, -0.25) is 9.59 Å². The second-order valence-electron chi connectivity index (χ2n) is 7.32. The lowest BCUT2D eigenvalue weighted by molar-refractivity contribution is -0.121. The summed E-state index contributed by atoms with van der Waals surface area (Å²) in [7, 11) is -2.06. The molecule has 2 aromatic rings. The number of nitrogens with one attached hydrogen (secondary N) is 1. The summed E-state index contributed by atoms with van der Waals surface area (Å²) in [4.78, 5) is 27.0. The molecular weight excluding hydrogens is 408 g/mol. The van der Waals surface area contributed by atoms with E-state index in [1.807, 2.05) is 31.2 Å². The van der Waals surface area contributed by atoms with Gasteiger partial charge in [-0.2, -0.15) is 0 Å². The minimum atomic E-state index is -3.70. The molecule has 2 aromatic carbocycles. The molecule has 0 spiro atoms. The number of sulfone groups is 1. The van der Waals surface area contributed by atoms with E-state index in [0.29, 0.717) is 11.4 Å². The van der Waals surface area contributed by atoms with Crippen LogP contribution >= 0.6 is 11.8 Å². The van der Waals surface area contributed by atoms with Crippen molar-refractivity contribution in [2.24, 2.45) is 5.92 Å². The fourth-order valence-electron chi connectivity index (χ4n) is 3.10. The summed E-state index contributed by atoms with van der Waals surface area (Å²) in [6.07, 6.45) is 0. The molecule has 1 heterocycles. The Morgan fingerprint density at radius 3 is 2.52 bits per heavy atom. The summed E-state index contributed by atoms with van der Waals surface area (Å²) in [5, 5.41) is 2.52. The van der Waals surface area contributed by atoms with E-state index >= 15 is 0 Å². The topological polar surface area (TPSA) is 83.6 Å². The second kappa shape index (κ2) is 8.20. The third kappa shape index (κ3) is 4.64. The first kappa shape index (κ1) is 21.4. The molecule has 0 aliphatic carbocycles. The van der Waals surface area contributed by atoms with Gasteiger partial charge >= 0.3 is 0 Å². The summed E-state index contributed by atoms with van der Waals surface area (Å²) < 4.78 is 25.8. The summed E-state index contributed by atoms with van der Waals surface area (Å²) in [5.41, 5.74) is 2.29. The molecule has 0 unspecified atom stereocenters. The number of nitrogens with zero attached hydrogens (tertiary/aromatic N) is 1. The highest BCUT2D eigenvalue weighted by Gasteiger charge is 2.28. The van der Waals surface area contributed by atoms with Crippen molar-refractivity contribution in [1.82, 2.24) is 0 Å². The molecule has 0 radical (unpaired) electrons. The van der Waals surface area contributed by atoms with Crippen molar-refractivity contribution in [2.45, 2.75) is 35.8 Å². The van der Waals surface area contributed by atoms with Crippen molar-refractivity contribution in [3.05, 3.63) is 48.0 Å². The molecule has 6 nitrogen and oxygen atoms in total. The van der Waals surface area contributed by atoms with Gasteiger partial charge in [0.2, 0.25) is 11.8 Å². The number of carbonyl (C=O) groups is 2. The lowest BCUT2D eigenvalue weighted by Crippen LogP contribution is -2.35. The van der Waals surface area contributed by atoms with Crippen molar-refractivity contribution in [3.8, 4) is 0 Å². The largest absolute Gasteiger partial charge is 0.324 e. The Hall–Kier alpha value is -2.32. The first-order chi connectivity index (χ1) is 13.6. The Labute approximate surface area is 175 Å². The number of aryl methyl sites for hydroxylation is 1. The van der Waals surface area contributed by atoms with E-state index in [1.165, 1.54) is 28.8 Å². The molecule has 2 amide bonds. The lowest BCUT2D eigenvalue weighted by atomic mass is 10.1. The van der Waals surface area contributed by atoms with E-state index < -0.39 is 15.8 Å². The molecule has 3 rings (SSSR count). The van der Waals surface area contributed by atoms with Crippen molar-refractivity contribution in [2.75, 3.05) is 23.0 Å². The molecule has 1 aliphatic rings. The fourth-order valence-corrected chi connectivity index (χ4v) is 5.60. The monoisotopic (exact) mass is 432 g/mol. The zero-order valence-corrected chi connectivity index (χ0v) is 18.4. The van der Waals surface area contributed by atoms with Crippen LogP contribution in [0.4, 0.5) is 11.4 Å². The summed E-state index contributed by atoms with van der Waals surface area (Å²) in [6.45, 7) is 5.37. The summed E-state index contributed by atoms with van der Waals surface area (Å²) >= 11 is 1.39. The van der Waals surface area contributed by atoms with Gasteiger partial charge in [-0.15, -0.1) is 11.8 Å². The van der Waals surface area contributed by atoms with Crippen LogP contribution in [0.3, 0.4) is 0 Å². The van der Waals surface area contributed by atoms with Gasteiger partial charge in [0, 0.05) is 23.5 Å². The van der Waals surface area contributed by atoms with E-state index in [2.05, 4.69) is 5.32 Å². The normalized spacial score (nSPS) is 17.2. The minimum absolute atomic E-state index is 0.101. The number of fused-ring (bicyclic) bond motifs is 1. The van der Waals surface area contributed by atoms with Gasteiger partial charge in [0.1, 0.15) is 0 Å². The van der Waals surface area contributed by atoms with E-state index in [9.17, 15) is 18.0 Å². The number of rotatable bonds is 5. The van der Waals surface area contributed by atoms with Gasteiger partial charge in [0.25, 0.3) is 0 Å². The highest BCUT2D eigenvalue weighted by molar-refractivity contribution is 8.01.